The molecule has 0 unspecified atom stereocenters. The van der Waals surface area contributed by atoms with E-state index < -0.39 is 16.0 Å². The number of ether oxygens (including phenoxy) is 1. The first-order valence-electron chi connectivity index (χ1n) is 7.69. The number of benzene rings is 1. The van der Waals surface area contributed by atoms with Gasteiger partial charge in [-0.2, -0.15) is 4.31 Å². The molecule has 5 nitrogen and oxygen atoms in total. The third kappa shape index (κ3) is 4.43. The Balaban J connectivity index is 1.62. The van der Waals surface area contributed by atoms with Crippen molar-refractivity contribution in [2.24, 2.45) is 5.92 Å². The van der Waals surface area contributed by atoms with Crippen molar-refractivity contribution in [1.29, 1.82) is 0 Å². The van der Waals surface area contributed by atoms with Crippen molar-refractivity contribution in [3.63, 3.8) is 0 Å². The minimum absolute atomic E-state index is 0.250. The van der Waals surface area contributed by atoms with Crippen LogP contribution in [0, 0.1) is 5.92 Å². The van der Waals surface area contributed by atoms with E-state index in [4.69, 9.17) is 27.9 Å². The van der Waals surface area contributed by atoms with Gasteiger partial charge in [0.25, 0.3) is 10.0 Å². The number of halogens is 3. The van der Waals surface area contributed by atoms with Crippen LogP contribution < -0.4 is 4.74 Å². The molecule has 0 spiro atoms. The molecule has 1 aliphatic heterocycles. The summed E-state index contributed by atoms with van der Waals surface area (Å²) in [5, 5.41) is 0.711. The predicted octanol–water partition coefficient (Wildman–Crippen LogP) is 4.82. The Bertz CT molecular complexity index is 924. The average Bonchev–Trinajstić information content (AvgIpc) is 3.05. The van der Waals surface area contributed by atoms with Crippen LogP contribution in [-0.2, 0) is 14.8 Å². The summed E-state index contributed by atoms with van der Waals surface area (Å²) in [5.74, 6) is -0.534. The summed E-state index contributed by atoms with van der Waals surface area (Å²) in [7, 11) is -3.53. The lowest BCUT2D eigenvalue weighted by molar-refractivity contribution is -0.140. The van der Waals surface area contributed by atoms with Gasteiger partial charge in [-0.1, -0.05) is 23.2 Å². The summed E-state index contributed by atoms with van der Waals surface area (Å²) >= 11 is 16.3. The Morgan fingerprint density at radius 1 is 1.19 bits per heavy atom. The smallest absolute Gasteiger partial charge is 0.314 e. The number of esters is 1. The van der Waals surface area contributed by atoms with E-state index in [-0.39, 0.29) is 29.8 Å². The van der Waals surface area contributed by atoms with Gasteiger partial charge in [-0.3, -0.25) is 4.79 Å². The Hall–Kier alpha value is -0.640. The predicted molar refractivity (Wildman–Crippen MR) is 106 cm³/mol. The van der Waals surface area contributed by atoms with E-state index in [2.05, 4.69) is 15.9 Å². The zero-order valence-corrected chi connectivity index (χ0v) is 18.1. The van der Waals surface area contributed by atoms with Gasteiger partial charge in [0.2, 0.25) is 0 Å². The van der Waals surface area contributed by atoms with Crippen LogP contribution in [0.2, 0.25) is 10.0 Å². The van der Waals surface area contributed by atoms with E-state index in [0.717, 1.165) is 3.79 Å². The van der Waals surface area contributed by atoms with Crippen molar-refractivity contribution in [3.8, 4) is 5.75 Å². The molecule has 26 heavy (non-hydrogen) atoms. The van der Waals surface area contributed by atoms with E-state index in [0.29, 0.717) is 22.1 Å². The number of carbonyl (C=O) groups is 1. The zero-order chi connectivity index (χ0) is 18.9. The third-order valence-corrected chi connectivity index (χ3v) is 8.55. The number of rotatable bonds is 4. The second-order valence-electron chi connectivity index (χ2n) is 5.73. The topological polar surface area (TPSA) is 63.7 Å². The van der Waals surface area contributed by atoms with Gasteiger partial charge in [-0.15, -0.1) is 11.3 Å². The minimum Gasteiger partial charge on any atom is -0.425 e. The summed E-state index contributed by atoms with van der Waals surface area (Å²) in [4.78, 5) is 12.3. The summed E-state index contributed by atoms with van der Waals surface area (Å²) in [5.41, 5.74) is 0. The molecule has 1 aliphatic rings. The third-order valence-electron chi connectivity index (χ3n) is 4.03. The van der Waals surface area contributed by atoms with Gasteiger partial charge in [-0.05, 0) is 59.1 Å². The molecule has 2 aromatic rings. The van der Waals surface area contributed by atoms with Crippen molar-refractivity contribution in [2.45, 2.75) is 17.1 Å². The number of sulfonamides is 1. The highest BCUT2D eigenvalue weighted by Gasteiger charge is 2.33. The SMILES string of the molecule is O=C(Oc1ccc(Cl)cc1Cl)C1CCN(S(=O)(=O)c2ccc(Br)s2)CC1. The second kappa shape index (κ2) is 8.16. The summed E-state index contributed by atoms with van der Waals surface area (Å²) in [6.07, 6.45) is 0.797. The molecule has 140 valence electrons. The highest BCUT2D eigenvalue weighted by molar-refractivity contribution is 9.11. The van der Waals surface area contributed by atoms with Gasteiger partial charge in [0, 0.05) is 18.1 Å². The van der Waals surface area contributed by atoms with Gasteiger partial charge in [0.15, 0.2) is 0 Å². The first-order valence-corrected chi connectivity index (χ1v) is 11.5. The summed E-state index contributed by atoms with van der Waals surface area (Å²) < 4.78 is 33.0. The van der Waals surface area contributed by atoms with E-state index >= 15 is 0 Å². The molecule has 3 rings (SSSR count). The average molecular weight is 499 g/mol. The van der Waals surface area contributed by atoms with Gasteiger partial charge in [0.1, 0.15) is 9.96 Å². The fraction of sp³-hybridized carbons (Fsp3) is 0.312. The van der Waals surface area contributed by atoms with Crippen LogP contribution in [0.3, 0.4) is 0 Å². The highest BCUT2D eigenvalue weighted by atomic mass is 79.9. The second-order valence-corrected chi connectivity index (χ2v) is 11.2. The molecule has 2 heterocycles. The zero-order valence-electron chi connectivity index (χ0n) is 13.3. The maximum Gasteiger partial charge on any atom is 0.314 e. The Labute approximate surface area is 174 Å². The molecule has 1 aromatic heterocycles. The molecule has 0 bridgehead atoms. The maximum atomic E-state index is 12.6. The number of hydrogen-bond acceptors (Lipinski definition) is 5. The highest BCUT2D eigenvalue weighted by Crippen LogP contribution is 2.32. The van der Waals surface area contributed by atoms with Crippen LogP contribution in [0.25, 0.3) is 0 Å². The number of carbonyl (C=O) groups excluding carboxylic acids is 1. The van der Waals surface area contributed by atoms with Crippen LogP contribution in [0.15, 0.2) is 38.3 Å². The van der Waals surface area contributed by atoms with Crippen LogP contribution in [0.5, 0.6) is 5.75 Å². The molecule has 0 amide bonds. The Kier molecular flexibility index (Phi) is 6.31. The molecule has 10 heteroatoms. The fourth-order valence-corrected chi connectivity index (χ4v) is 6.73. The van der Waals surface area contributed by atoms with Crippen molar-refractivity contribution in [3.05, 3.63) is 44.2 Å². The lowest BCUT2D eigenvalue weighted by Gasteiger charge is -2.29. The summed E-state index contributed by atoms with van der Waals surface area (Å²) in [6.45, 7) is 0.540. The molecule has 0 saturated carbocycles. The molecule has 0 aliphatic carbocycles. The fourth-order valence-electron chi connectivity index (χ4n) is 2.65. The van der Waals surface area contributed by atoms with Crippen LogP contribution in [0.1, 0.15) is 12.8 Å². The number of nitrogens with zero attached hydrogens (tertiary/aromatic N) is 1. The largest absolute Gasteiger partial charge is 0.425 e. The van der Waals surface area contributed by atoms with Gasteiger partial charge in [-0.25, -0.2) is 8.42 Å². The molecule has 0 atom stereocenters. The molecule has 1 saturated heterocycles. The number of hydrogen-bond donors (Lipinski definition) is 0. The molecule has 1 fully saturated rings. The number of piperidine rings is 1. The van der Waals surface area contributed by atoms with E-state index in [1.165, 1.54) is 27.8 Å². The normalized spacial score (nSPS) is 16.6. The van der Waals surface area contributed by atoms with Crippen molar-refractivity contribution in [2.75, 3.05) is 13.1 Å². The lowest BCUT2D eigenvalue weighted by Crippen LogP contribution is -2.40. The van der Waals surface area contributed by atoms with Crippen molar-refractivity contribution in [1.82, 2.24) is 4.31 Å². The van der Waals surface area contributed by atoms with Crippen LogP contribution in [0.4, 0.5) is 0 Å². The molecule has 1 aromatic carbocycles. The quantitative estimate of drug-likeness (QED) is 0.447. The maximum absolute atomic E-state index is 12.6. The lowest BCUT2D eigenvalue weighted by atomic mass is 9.98. The van der Waals surface area contributed by atoms with Gasteiger partial charge in [0.05, 0.1) is 14.7 Å². The minimum atomic E-state index is -3.53. The Morgan fingerprint density at radius 3 is 2.46 bits per heavy atom. The number of thiophene rings is 1. The standard InChI is InChI=1S/C16H14BrCl2NO4S2/c17-14-3-4-15(25-14)26(22,23)20-7-5-10(6-8-20)16(21)24-13-2-1-11(18)9-12(13)19/h1-4,9-10H,5-8H2. The van der Waals surface area contributed by atoms with Crippen molar-refractivity contribution >= 4 is 66.5 Å². The first kappa shape index (κ1) is 20.1. The van der Waals surface area contributed by atoms with Gasteiger partial charge >= 0.3 is 5.97 Å². The van der Waals surface area contributed by atoms with E-state index in [9.17, 15) is 13.2 Å². The molecule has 0 N–H and O–H groups in total. The van der Waals surface area contributed by atoms with E-state index in [1.54, 1.807) is 18.2 Å². The molecule has 0 radical (unpaired) electrons. The van der Waals surface area contributed by atoms with Crippen LogP contribution in [-0.4, -0.2) is 31.8 Å². The molecular formula is C16H14BrCl2NO4S2. The van der Waals surface area contributed by atoms with E-state index in [1.807, 2.05) is 0 Å². The Morgan fingerprint density at radius 2 is 1.88 bits per heavy atom. The van der Waals surface area contributed by atoms with Crippen LogP contribution >= 0.6 is 50.5 Å². The van der Waals surface area contributed by atoms with Crippen molar-refractivity contribution < 1.29 is 17.9 Å². The monoisotopic (exact) mass is 497 g/mol. The first-order chi connectivity index (χ1) is 12.3. The molecular weight excluding hydrogens is 485 g/mol. The summed E-state index contributed by atoms with van der Waals surface area (Å²) in [6, 6.07) is 7.91. The van der Waals surface area contributed by atoms with Gasteiger partial charge < -0.3 is 4.74 Å².